The van der Waals surface area contributed by atoms with E-state index in [0.29, 0.717) is 6.54 Å². The van der Waals surface area contributed by atoms with Crippen LogP contribution in [-0.2, 0) is 10.0 Å². The van der Waals surface area contributed by atoms with Crippen LogP contribution >= 0.6 is 0 Å². The van der Waals surface area contributed by atoms with Crippen molar-refractivity contribution in [1.82, 2.24) is 9.62 Å². The summed E-state index contributed by atoms with van der Waals surface area (Å²) in [6, 6.07) is 3.47. The monoisotopic (exact) mass is 330 g/mol. The highest BCUT2D eigenvalue weighted by molar-refractivity contribution is 7.89. The minimum atomic E-state index is -3.76. The van der Waals surface area contributed by atoms with E-state index >= 15 is 0 Å². The number of sulfonamides is 1. The fourth-order valence-corrected chi connectivity index (χ4v) is 3.88. The maximum atomic E-state index is 13.3. The van der Waals surface area contributed by atoms with Crippen LogP contribution in [0.5, 0.6) is 5.75 Å². The molecule has 124 valence electrons. The predicted octanol–water partition coefficient (Wildman–Crippen LogP) is 1.99. The smallest absolute Gasteiger partial charge is 0.244 e. The zero-order valence-electron chi connectivity index (χ0n) is 12.8. The summed E-state index contributed by atoms with van der Waals surface area (Å²) in [6.45, 7) is 3.39. The van der Waals surface area contributed by atoms with Crippen LogP contribution in [0.2, 0.25) is 0 Å². The first-order valence-corrected chi connectivity index (χ1v) is 9.07. The van der Waals surface area contributed by atoms with Gasteiger partial charge in [0.2, 0.25) is 10.0 Å². The molecule has 0 bridgehead atoms. The van der Waals surface area contributed by atoms with Gasteiger partial charge in [0.05, 0.1) is 7.11 Å². The summed E-state index contributed by atoms with van der Waals surface area (Å²) in [4.78, 5) is 2.19. The van der Waals surface area contributed by atoms with Crippen LogP contribution in [-0.4, -0.2) is 46.6 Å². The van der Waals surface area contributed by atoms with Crippen molar-refractivity contribution in [3.8, 4) is 5.75 Å². The third-order valence-corrected chi connectivity index (χ3v) is 5.29. The molecule has 5 nitrogen and oxygen atoms in total. The summed E-state index contributed by atoms with van der Waals surface area (Å²) in [7, 11) is -2.40. The van der Waals surface area contributed by atoms with Crippen LogP contribution in [0.4, 0.5) is 4.39 Å². The van der Waals surface area contributed by atoms with E-state index in [1.165, 1.54) is 38.5 Å². The molecule has 0 aromatic heterocycles. The molecular weight excluding hydrogens is 307 g/mol. The number of nitrogens with one attached hydrogen (secondary N) is 1. The van der Waals surface area contributed by atoms with Crippen LogP contribution < -0.4 is 9.46 Å². The Hall–Kier alpha value is -1.18. The van der Waals surface area contributed by atoms with Gasteiger partial charge in [-0.2, -0.15) is 0 Å². The lowest BCUT2D eigenvalue weighted by Crippen LogP contribution is -2.33. The number of halogens is 1. The average Bonchev–Trinajstić information content (AvgIpc) is 2.52. The van der Waals surface area contributed by atoms with Gasteiger partial charge in [-0.1, -0.05) is 6.42 Å². The number of hydrogen-bond acceptors (Lipinski definition) is 4. The molecule has 1 aromatic carbocycles. The van der Waals surface area contributed by atoms with Gasteiger partial charge in [0.15, 0.2) is 0 Å². The zero-order chi connectivity index (χ0) is 16.0. The lowest BCUT2D eigenvalue weighted by molar-refractivity contribution is 0.227. The molecule has 2 rings (SSSR count). The van der Waals surface area contributed by atoms with Gasteiger partial charge in [0.1, 0.15) is 16.5 Å². The van der Waals surface area contributed by atoms with Gasteiger partial charge < -0.3 is 9.64 Å². The highest BCUT2D eigenvalue weighted by Crippen LogP contribution is 2.24. The van der Waals surface area contributed by atoms with E-state index in [1.807, 2.05) is 0 Å². The summed E-state index contributed by atoms with van der Waals surface area (Å²) in [5, 5.41) is 0. The molecular formula is C15H23FN2O3S. The molecule has 22 heavy (non-hydrogen) atoms. The highest BCUT2D eigenvalue weighted by Gasteiger charge is 2.20. The van der Waals surface area contributed by atoms with Crippen molar-refractivity contribution in [2.75, 3.05) is 33.3 Å². The molecule has 1 N–H and O–H groups in total. The molecule has 7 heteroatoms. The maximum absolute atomic E-state index is 13.3. The summed E-state index contributed by atoms with van der Waals surface area (Å²) in [5.41, 5.74) is 0. The summed E-state index contributed by atoms with van der Waals surface area (Å²) < 4.78 is 45.3. The third kappa shape index (κ3) is 4.66. The van der Waals surface area contributed by atoms with Gasteiger partial charge in [-0.15, -0.1) is 0 Å². The predicted molar refractivity (Wildman–Crippen MR) is 83.0 cm³/mol. The van der Waals surface area contributed by atoms with Crippen LogP contribution in [0, 0.1) is 5.82 Å². The standard InChI is InChI=1S/C15H23FN2O3S/c1-21-14-7-6-13(16)12-15(14)22(19,20)17-8-5-11-18-9-3-2-4-10-18/h6-7,12,17H,2-5,8-11H2,1H3. The van der Waals surface area contributed by atoms with Gasteiger partial charge >= 0.3 is 0 Å². The minimum Gasteiger partial charge on any atom is -0.495 e. The lowest BCUT2D eigenvalue weighted by Gasteiger charge is -2.26. The van der Waals surface area contributed by atoms with E-state index in [2.05, 4.69) is 9.62 Å². The SMILES string of the molecule is COc1ccc(F)cc1S(=O)(=O)NCCCN1CCCCC1. The van der Waals surface area contributed by atoms with E-state index in [4.69, 9.17) is 4.74 Å². The fraction of sp³-hybridized carbons (Fsp3) is 0.600. The van der Waals surface area contributed by atoms with Gasteiger partial charge in [-0.05, 0) is 57.1 Å². The summed E-state index contributed by atoms with van der Waals surface area (Å²) in [6.07, 6.45) is 4.44. The van der Waals surface area contributed by atoms with Gasteiger partial charge in [0.25, 0.3) is 0 Å². The first-order chi connectivity index (χ1) is 10.5. The number of benzene rings is 1. The van der Waals surface area contributed by atoms with Gasteiger partial charge in [-0.25, -0.2) is 17.5 Å². The number of nitrogens with zero attached hydrogens (tertiary/aromatic N) is 1. The van der Waals surface area contributed by atoms with Gasteiger partial charge in [-0.3, -0.25) is 0 Å². The Balaban J connectivity index is 1.89. The second-order valence-electron chi connectivity index (χ2n) is 5.45. The molecule has 1 fully saturated rings. The largest absolute Gasteiger partial charge is 0.495 e. The average molecular weight is 330 g/mol. The molecule has 0 amide bonds. The molecule has 1 aliphatic heterocycles. The minimum absolute atomic E-state index is 0.143. The third-order valence-electron chi connectivity index (χ3n) is 3.81. The summed E-state index contributed by atoms with van der Waals surface area (Å²) in [5.74, 6) is -0.459. The normalized spacial score (nSPS) is 16.6. The van der Waals surface area contributed by atoms with Crippen LogP contribution in [0.3, 0.4) is 0 Å². The number of methoxy groups -OCH3 is 1. The molecule has 0 spiro atoms. The molecule has 0 saturated carbocycles. The van der Waals surface area contributed by atoms with E-state index in [-0.39, 0.29) is 10.6 Å². The van der Waals surface area contributed by atoms with Crippen LogP contribution in [0.25, 0.3) is 0 Å². The Morgan fingerprint density at radius 1 is 1.27 bits per heavy atom. The van der Waals surface area contributed by atoms with E-state index in [0.717, 1.165) is 32.1 Å². The number of piperidine rings is 1. The molecule has 1 aliphatic rings. The van der Waals surface area contributed by atoms with Crippen molar-refractivity contribution in [1.29, 1.82) is 0 Å². The van der Waals surface area contributed by atoms with Crippen molar-refractivity contribution < 1.29 is 17.5 Å². The number of ether oxygens (including phenoxy) is 1. The highest BCUT2D eigenvalue weighted by atomic mass is 32.2. The summed E-state index contributed by atoms with van der Waals surface area (Å²) >= 11 is 0. The topological polar surface area (TPSA) is 58.6 Å². The van der Waals surface area contributed by atoms with Crippen molar-refractivity contribution >= 4 is 10.0 Å². The quantitative estimate of drug-likeness (QED) is 0.777. The molecule has 0 atom stereocenters. The Kier molecular flexibility index (Phi) is 6.16. The fourth-order valence-electron chi connectivity index (χ4n) is 2.63. The second kappa shape index (κ2) is 7.89. The Morgan fingerprint density at radius 2 is 2.00 bits per heavy atom. The van der Waals surface area contributed by atoms with E-state index < -0.39 is 15.8 Å². The molecule has 0 unspecified atom stereocenters. The zero-order valence-corrected chi connectivity index (χ0v) is 13.7. The van der Waals surface area contributed by atoms with E-state index in [9.17, 15) is 12.8 Å². The first-order valence-electron chi connectivity index (χ1n) is 7.58. The first kappa shape index (κ1) is 17.2. The van der Waals surface area contributed by atoms with Crippen LogP contribution in [0.1, 0.15) is 25.7 Å². The Labute approximate surface area is 131 Å². The van der Waals surface area contributed by atoms with Crippen molar-refractivity contribution in [2.24, 2.45) is 0 Å². The maximum Gasteiger partial charge on any atom is 0.244 e. The number of hydrogen-bond donors (Lipinski definition) is 1. The molecule has 1 heterocycles. The Morgan fingerprint density at radius 3 is 2.68 bits per heavy atom. The second-order valence-corrected chi connectivity index (χ2v) is 7.18. The van der Waals surface area contributed by atoms with Crippen LogP contribution in [0.15, 0.2) is 23.1 Å². The molecule has 0 aliphatic carbocycles. The lowest BCUT2D eigenvalue weighted by atomic mass is 10.1. The van der Waals surface area contributed by atoms with Crippen molar-refractivity contribution in [3.63, 3.8) is 0 Å². The molecule has 1 aromatic rings. The van der Waals surface area contributed by atoms with E-state index in [1.54, 1.807) is 0 Å². The Bertz CT molecular complexity index is 586. The number of rotatable bonds is 7. The molecule has 1 saturated heterocycles. The number of likely N-dealkylation sites (tertiary alicyclic amines) is 1. The molecule has 0 radical (unpaired) electrons. The van der Waals surface area contributed by atoms with Crippen molar-refractivity contribution in [2.45, 2.75) is 30.6 Å². The van der Waals surface area contributed by atoms with Crippen molar-refractivity contribution in [3.05, 3.63) is 24.0 Å². The van der Waals surface area contributed by atoms with Gasteiger partial charge in [0, 0.05) is 6.54 Å².